The number of rotatable bonds is 7. The quantitative estimate of drug-likeness (QED) is 0.827. The van der Waals surface area contributed by atoms with Crippen molar-refractivity contribution in [3.05, 3.63) is 11.9 Å². The van der Waals surface area contributed by atoms with Gasteiger partial charge in [0.15, 0.2) is 0 Å². The van der Waals surface area contributed by atoms with E-state index >= 15 is 0 Å². The van der Waals surface area contributed by atoms with Gasteiger partial charge < -0.3 is 10.2 Å². The van der Waals surface area contributed by atoms with Crippen LogP contribution in [0.3, 0.4) is 0 Å². The average Bonchev–Trinajstić information content (AvgIpc) is 3.24. The summed E-state index contributed by atoms with van der Waals surface area (Å²) in [6, 6.07) is 2.78. The SMILES string of the molecule is CCNc1ncnc(N(CCC#N)C2CC2)c1C(C)C. The molecule has 0 saturated heterocycles. The Kier molecular flexibility index (Phi) is 4.78. The van der Waals surface area contributed by atoms with E-state index in [4.69, 9.17) is 5.26 Å². The van der Waals surface area contributed by atoms with E-state index in [2.05, 4.69) is 47.0 Å². The third kappa shape index (κ3) is 3.19. The van der Waals surface area contributed by atoms with Crippen LogP contribution in [-0.4, -0.2) is 29.1 Å². The Labute approximate surface area is 121 Å². The van der Waals surface area contributed by atoms with Gasteiger partial charge in [-0.15, -0.1) is 0 Å². The van der Waals surface area contributed by atoms with Gasteiger partial charge in [0.25, 0.3) is 0 Å². The monoisotopic (exact) mass is 273 g/mol. The van der Waals surface area contributed by atoms with E-state index in [1.165, 1.54) is 18.4 Å². The Hall–Kier alpha value is -1.83. The van der Waals surface area contributed by atoms with E-state index in [1.807, 2.05) is 0 Å². The van der Waals surface area contributed by atoms with Gasteiger partial charge in [-0.3, -0.25) is 0 Å². The Balaban J connectivity index is 2.37. The molecule has 1 N–H and O–H groups in total. The van der Waals surface area contributed by atoms with Crippen LogP contribution in [0.5, 0.6) is 0 Å². The van der Waals surface area contributed by atoms with Crippen LogP contribution in [0.1, 0.15) is 51.5 Å². The summed E-state index contributed by atoms with van der Waals surface area (Å²) in [6.45, 7) is 8.00. The average molecular weight is 273 g/mol. The van der Waals surface area contributed by atoms with Crippen LogP contribution < -0.4 is 10.2 Å². The maximum absolute atomic E-state index is 8.86. The van der Waals surface area contributed by atoms with Crippen molar-refractivity contribution in [2.45, 2.75) is 52.0 Å². The van der Waals surface area contributed by atoms with Crippen LogP contribution in [0.2, 0.25) is 0 Å². The van der Waals surface area contributed by atoms with Gasteiger partial charge in [-0.1, -0.05) is 13.8 Å². The fourth-order valence-corrected chi connectivity index (χ4v) is 2.47. The second-order valence-corrected chi connectivity index (χ2v) is 5.48. The Bertz CT molecular complexity index is 488. The number of anilines is 2. The zero-order chi connectivity index (χ0) is 14.5. The zero-order valence-electron chi connectivity index (χ0n) is 12.6. The molecule has 1 aliphatic rings. The molecule has 0 aromatic carbocycles. The fraction of sp³-hybridized carbons (Fsp3) is 0.667. The Morgan fingerprint density at radius 1 is 1.45 bits per heavy atom. The van der Waals surface area contributed by atoms with E-state index in [0.29, 0.717) is 18.4 Å². The summed E-state index contributed by atoms with van der Waals surface area (Å²) < 4.78 is 0. The molecule has 0 amide bonds. The summed E-state index contributed by atoms with van der Waals surface area (Å²) in [7, 11) is 0. The topological polar surface area (TPSA) is 64.8 Å². The first-order chi connectivity index (χ1) is 9.69. The largest absolute Gasteiger partial charge is 0.370 e. The van der Waals surface area contributed by atoms with E-state index in [9.17, 15) is 0 Å². The summed E-state index contributed by atoms with van der Waals surface area (Å²) >= 11 is 0. The number of nitriles is 1. The molecule has 0 unspecified atom stereocenters. The number of nitrogens with zero attached hydrogens (tertiary/aromatic N) is 4. The van der Waals surface area contributed by atoms with E-state index < -0.39 is 0 Å². The standard InChI is InChI=1S/C15H23N5/c1-4-17-14-13(11(2)3)15(19-10-18-14)20(9-5-8-16)12-6-7-12/h10-12H,4-7,9H2,1-3H3,(H,17,18,19). The minimum absolute atomic E-state index is 0.351. The molecule has 1 heterocycles. The van der Waals surface area contributed by atoms with Gasteiger partial charge >= 0.3 is 0 Å². The molecule has 20 heavy (non-hydrogen) atoms. The van der Waals surface area contributed by atoms with E-state index in [1.54, 1.807) is 6.33 Å². The molecule has 108 valence electrons. The second-order valence-electron chi connectivity index (χ2n) is 5.48. The predicted molar refractivity (Wildman–Crippen MR) is 80.9 cm³/mol. The first-order valence-corrected chi connectivity index (χ1v) is 7.41. The molecular formula is C15H23N5. The van der Waals surface area contributed by atoms with Crippen LogP contribution in [-0.2, 0) is 0 Å². The maximum Gasteiger partial charge on any atom is 0.137 e. The van der Waals surface area contributed by atoms with Crippen molar-refractivity contribution in [3.63, 3.8) is 0 Å². The summed E-state index contributed by atoms with van der Waals surface area (Å²) in [6.07, 6.45) is 4.56. The van der Waals surface area contributed by atoms with Crippen molar-refractivity contribution in [2.24, 2.45) is 0 Å². The van der Waals surface area contributed by atoms with Crippen molar-refractivity contribution in [1.82, 2.24) is 9.97 Å². The van der Waals surface area contributed by atoms with Crippen LogP contribution >= 0.6 is 0 Å². The van der Waals surface area contributed by atoms with Gasteiger partial charge in [0.05, 0.1) is 12.5 Å². The molecule has 0 atom stereocenters. The van der Waals surface area contributed by atoms with Crippen molar-refractivity contribution >= 4 is 11.6 Å². The molecule has 5 nitrogen and oxygen atoms in total. The van der Waals surface area contributed by atoms with E-state index in [-0.39, 0.29) is 0 Å². The van der Waals surface area contributed by atoms with Crippen molar-refractivity contribution in [2.75, 3.05) is 23.3 Å². The fourth-order valence-electron chi connectivity index (χ4n) is 2.47. The second kappa shape index (κ2) is 6.56. The lowest BCUT2D eigenvalue weighted by Gasteiger charge is -2.27. The molecular weight excluding hydrogens is 250 g/mol. The molecule has 1 aromatic rings. The maximum atomic E-state index is 8.86. The highest BCUT2D eigenvalue weighted by Gasteiger charge is 2.32. The lowest BCUT2D eigenvalue weighted by molar-refractivity contribution is 0.748. The third-order valence-corrected chi connectivity index (χ3v) is 3.51. The van der Waals surface area contributed by atoms with Crippen LogP contribution in [0, 0.1) is 11.3 Å². The minimum Gasteiger partial charge on any atom is -0.370 e. The minimum atomic E-state index is 0.351. The summed E-state index contributed by atoms with van der Waals surface area (Å²) in [4.78, 5) is 11.2. The molecule has 0 aliphatic heterocycles. The number of nitrogens with one attached hydrogen (secondary N) is 1. The molecule has 0 spiro atoms. The van der Waals surface area contributed by atoms with Gasteiger partial charge in [-0.25, -0.2) is 9.97 Å². The van der Waals surface area contributed by atoms with Gasteiger partial charge in [0.2, 0.25) is 0 Å². The molecule has 1 fully saturated rings. The highest BCUT2D eigenvalue weighted by atomic mass is 15.2. The number of aromatic nitrogens is 2. The lowest BCUT2D eigenvalue weighted by atomic mass is 10.0. The van der Waals surface area contributed by atoms with Crippen molar-refractivity contribution < 1.29 is 0 Å². The van der Waals surface area contributed by atoms with E-state index in [0.717, 1.165) is 24.7 Å². The molecule has 5 heteroatoms. The normalized spacial score (nSPS) is 14.2. The number of hydrogen-bond acceptors (Lipinski definition) is 5. The highest BCUT2D eigenvalue weighted by molar-refractivity contribution is 5.61. The molecule has 1 saturated carbocycles. The van der Waals surface area contributed by atoms with Crippen LogP contribution in [0.25, 0.3) is 0 Å². The third-order valence-electron chi connectivity index (χ3n) is 3.51. The predicted octanol–water partition coefficient (Wildman–Crippen LogP) is 2.91. The summed E-state index contributed by atoms with van der Waals surface area (Å²) in [5, 5.41) is 12.2. The van der Waals surface area contributed by atoms with Gasteiger partial charge in [0.1, 0.15) is 18.0 Å². The Morgan fingerprint density at radius 3 is 2.75 bits per heavy atom. The molecule has 1 aliphatic carbocycles. The van der Waals surface area contributed by atoms with Gasteiger partial charge in [-0.2, -0.15) is 5.26 Å². The van der Waals surface area contributed by atoms with Gasteiger partial charge in [-0.05, 0) is 25.7 Å². The van der Waals surface area contributed by atoms with Crippen LogP contribution in [0.4, 0.5) is 11.6 Å². The first kappa shape index (κ1) is 14.6. The van der Waals surface area contributed by atoms with Crippen LogP contribution in [0.15, 0.2) is 6.33 Å². The lowest BCUT2D eigenvalue weighted by Crippen LogP contribution is -2.29. The molecule has 1 aromatic heterocycles. The summed E-state index contributed by atoms with van der Waals surface area (Å²) in [5.41, 5.74) is 1.17. The van der Waals surface area contributed by atoms with Crippen molar-refractivity contribution in [1.29, 1.82) is 5.26 Å². The Morgan fingerprint density at radius 2 is 2.20 bits per heavy atom. The first-order valence-electron chi connectivity index (χ1n) is 7.41. The molecule has 2 rings (SSSR count). The molecule has 0 bridgehead atoms. The van der Waals surface area contributed by atoms with Gasteiger partial charge in [0, 0.05) is 24.7 Å². The smallest absolute Gasteiger partial charge is 0.137 e. The highest BCUT2D eigenvalue weighted by Crippen LogP contribution is 2.37. The zero-order valence-corrected chi connectivity index (χ0v) is 12.6. The van der Waals surface area contributed by atoms with Crippen molar-refractivity contribution in [3.8, 4) is 6.07 Å². The summed E-state index contributed by atoms with van der Waals surface area (Å²) in [5.74, 6) is 2.28. The number of hydrogen-bond donors (Lipinski definition) is 1. The molecule has 0 radical (unpaired) electrons.